The number of fused-ring (bicyclic) bond motifs is 8. The van der Waals surface area contributed by atoms with Crippen LogP contribution in [0.2, 0.25) is 5.02 Å². The average Bonchev–Trinajstić information content (AvgIpc) is 3.09. The molecular weight excluding hydrogens is 584 g/mol. The van der Waals surface area contributed by atoms with Crippen LogP contribution in [-0.2, 0) is 0 Å². The summed E-state index contributed by atoms with van der Waals surface area (Å²) in [5, 5.41) is 8.02. The molecule has 0 bridgehead atoms. The summed E-state index contributed by atoms with van der Waals surface area (Å²) < 4.78 is 0. The van der Waals surface area contributed by atoms with Crippen LogP contribution in [0.1, 0.15) is 5.56 Å². The second kappa shape index (κ2) is 10.0. The number of pyridine rings is 2. The van der Waals surface area contributed by atoms with E-state index in [0.717, 1.165) is 32.8 Å². The van der Waals surface area contributed by atoms with Gasteiger partial charge in [0.25, 0.3) is 0 Å². The van der Waals surface area contributed by atoms with Crippen LogP contribution in [0.5, 0.6) is 0 Å². The Morgan fingerprint density at radius 3 is 1.52 bits per heavy atom. The monoisotopic (exact) mass is 612 g/mol. The zero-order valence-electron chi connectivity index (χ0n) is 25.7. The van der Waals surface area contributed by atoms with Gasteiger partial charge in [0.15, 0.2) is 0 Å². The highest BCUT2D eigenvalue weighted by Gasteiger charge is 2.25. The van der Waals surface area contributed by atoms with Crippen molar-refractivity contribution in [2.24, 2.45) is 0 Å². The van der Waals surface area contributed by atoms with E-state index in [2.05, 4.69) is 134 Å². The minimum Gasteiger partial charge on any atom is -0.343 e. The van der Waals surface area contributed by atoms with Gasteiger partial charge < -0.3 is 9.80 Å². The van der Waals surface area contributed by atoms with Crippen molar-refractivity contribution in [1.82, 2.24) is 9.97 Å². The van der Waals surface area contributed by atoms with Crippen molar-refractivity contribution in [3.63, 3.8) is 0 Å². The number of benzene rings is 6. The van der Waals surface area contributed by atoms with Crippen LogP contribution in [0.3, 0.4) is 0 Å². The molecule has 0 aliphatic carbocycles. The van der Waals surface area contributed by atoms with Crippen molar-refractivity contribution in [3.05, 3.63) is 132 Å². The van der Waals surface area contributed by atoms with Gasteiger partial charge in [0.05, 0.1) is 45.2 Å². The standard InChI is InChI=1S/C21H16N2.C20H13ClN2/c1-13-10-11-17-16(12-13)14-7-5-9-19-20(14)21(22-17)15-6-3-4-8-18(15)23(19)2;1-23-17-7-3-2-5-14(17)20-19-13(6-4-8-18(19)23)15-11-12(21)9-10-16(15)22-20/h3-12H,1-2H3;2-11H,1H3. The summed E-state index contributed by atoms with van der Waals surface area (Å²) in [4.78, 5) is 14.5. The maximum atomic E-state index is 6.22. The number of hydrogen-bond donors (Lipinski definition) is 0. The van der Waals surface area contributed by atoms with E-state index in [1.54, 1.807) is 0 Å². The quantitative estimate of drug-likeness (QED) is 0.159. The summed E-state index contributed by atoms with van der Waals surface area (Å²) in [5.41, 5.74) is 12.7. The fraction of sp³-hybridized carbons (Fsp3) is 0.0732. The van der Waals surface area contributed by atoms with Gasteiger partial charge in [-0.2, -0.15) is 0 Å². The predicted octanol–water partition coefficient (Wildman–Crippen LogP) is 11.2. The number of nitrogens with zero attached hydrogens (tertiary/aromatic N) is 4. The summed E-state index contributed by atoms with van der Waals surface area (Å²) in [6, 6.07) is 42.3. The summed E-state index contributed by atoms with van der Waals surface area (Å²) in [6.45, 7) is 2.14. The SMILES string of the molecule is CN1c2ccccc2-c2nc3ccc(Cl)cc3c3cccc1c23.Cc1ccc2nc3c4c(cccc4c2c1)N(C)c1ccccc1-3. The second-order valence-electron chi connectivity index (χ2n) is 12.2. The first-order chi connectivity index (χ1) is 22.5. The van der Waals surface area contributed by atoms with Gasteiger partial charge in [-0.25, -0.2) is 9.97 Å². The van der Waals surface area contributed by atoms with Gasteiger partial charge >= 0.3 is 0 Å². The van der Waals surface area contributed by atoms with Crippen molar-refractivity contribution < 1.29 is 0 Å². The van der Waals surface area contributed by atoms with E-state index < -0.39 is 0 Å². The average molecular weight is 613 g/mol. The zero-order chi connectivity index (χ0) is 31.1. The lowest BCUT2D eigenvalue weighted by Gasteiger charge is -2.30. The molecule has 46 heavy (non-hydrogen) atoms. The highest BCUT2D eigenvalue weighted by Crippen LogP contribution is 2.49. The van der Waals surface area contributed by atoms with Gasteiger partial charge in [-0.05, 0) is 72.3 Å². The topological polar surface area (TPSA) is 32.3 Å². The van der Waals surface area contributed by atoms with E-state index in [1.807, 2.05) is 18.2 Å². The Morgan fingerprint density at radius 1 is 0.478 bits per heavy atom. The molecule has 0 unspecified atom stereocenters. The molecule has 2 aliphatic rings. The molecule has 4 heterocycles. The smallest absolute Gasteiger partial charge is 0.0830 e. The number of aryl methyl sites for hydroxylation is 1. The first-order valence-electron chi connectivity index (χ1n) is 15.5. The third-order valence-corrected chi connectivity index (χ3v) is 9.71. The third-order valence-electron chi connectivity index (χ3n) is 9.48. The maximum absolute atomic E-state index is 6.22. The Labute approximate surface area is 272 Å². The van der Waals surface area contributed by atoms with Crippen LogP contribution < -0.4 is 9.80 Å². The number of halogens is 1. The zero-order valence-corrected chi connectivity index (χ0v) is 26.5. The fourth-order valence-electron chi connectivity index (χ4n) is 7.31. The van der Waals surface area contributed by atoms with Gasteiger partial charge in [0.1, 0.15) is 0 Å². The number of hydrogen-bond acceptors (Lipinski definition) is 4. The van der Waals surface area contributed by atoms with E-state index in [4.69, 9.17) is 21.6 Å². The molecule has 6 aromatic carbocycles. The van der Waals surface area contributed by atoms with Crippen LogP contribution in [0, 0.1) is 6.92 Å². The Kier molecular flexibility index (Phi) is 5.87. The second-order valence-corrected chi connectivity index (χ2v) is 12.6. The molecule has 0 atom stereocenters. The highest BCUT2D eigenvalue weighted by molar-refractivity contribution is 6.32. The van der Waals surface area contributed by atoms with Gasteiger partial charge in [-0.1, -0.05) is 83.9 Å². The number of para-hydroxylation sites is 2. The minimum atomic E-state index is 0.740. The van der Waals surface area contributed by atoms with Gasteiger partial charge in [-0.15, -0.1) is 0 Å². The van der Waals surface area contributed by atoms with Gasteiger partial charge in [-0.3, -0.25) is 0 Å². The van der Waals surface area contributed by atoms with Gasteiger partial charge in [0.2, 0.25) is 0 Å². The van der Waals surface area contributed by atoms with Gasteiger partial charge in [0, 0.05) is 51.8 Å². The molecule has 10 rings (SSSR count). The highest BCUT2D eigenvalue weighted by atomic mass is 35.5. The molecule has 0 saturated carbocycles. The summed E-state index contributed by atoms with van der Waals surface area (Å²) in [6.07, 6.45) is 0. The van der Waals surface area contributed by atoms with E-state index in [-0.39, 0.29) is 0 Å². The molecule has 4 nitrogen and oxygen atoms in total. The van der Waals surface area contributed by atoms with Crippen molar-refractivity contribution in [1.29, 1.82) is 0 Å². The van der Waals surface area contributed by atoms with Crippen molar-refractivity contribution in [3.8, 4) is 22.5 Å². The lowest BCUT2D eigenvalue weighted by Crippen LogP contribution is -2.15. The lowest BCUT2D eigenvalue weighted by atomic mass is 9.93. The molecule has 0 amide bonds. The Balaban J connectivity index is 0.000000127. The predicted molar refractivity (Wildman–Crippen MR) is 195 cm³/mol. The van der Waals surface area contributed by atoms with Crippen LogP contribution in [-0.4, -0.2) is 24.1 Å². The number of anilines is 4. The molecule has 0 spiro atoms. The number of aromatic nitrogens is 2. The largest absolute Gasteiger partial charge is 0.343 e. The van der Waals surface area contributed by atoms with Crippen LogP contribution in [0.4, 0.5) is 22.7 Å². The molecule has 0 N–H and O–H groups in total. The molecule has 5 heteroatoms. The molecule has 0 fully saturated rings. The lowest BCUT2D eigenvalue weighted by molar-refractivity contribution is 1.20. The van der Waals surface area contributed by atoms with E-state index in [1.165, 1.54) is 66.4 Å². The molecule has 0 radical (unpaired) electrons. The molecular formula is C41H29ClN4. The van der Waals surface area contributed by atoms with E-state index >= 15 is 0 Å². The maximum Gasteiger partial charge on any atom is 0.0830 e. The van der Waals surface area contributed by atoms with Crippen molar-refractivity contribution in [2.75, 3.05) is 23.9 Å². The Bertz CT molecular complexity index is 2380. The van der Waals surface area contributed by atoms with E-state index in [0.29, 0.717) is 0 Å². The summed E-state index contributed by atoms with van der Waals surface area (Å²) in [7, 11) is 4.25. The fourth-order valence-corrected chi connectivity index (χ4v) is 7.48. The first-order valence-corrected chi connectivity index (χ1v) is 15.9. The van der Waals surface area contributed by atoms with Crippen LogP contribution in [0.25, 0.3) is 65.9 Å². The molecule has 2 aliphatic heterocycles. The van der Waals surface area contributed by atoms with Crippen LogP contribution in [0.15, 0.2) is 121 Å². The molecule has 220 valence electrons. The normalized spacial score (nSPS) is 12.7. The third kappa shape index (κ3) is 3.87. The Morgan fingerprint density at radius 2 is 0.957 bits per heavy atom. The summed E-state index contributed by atoms with van der Waals surface area (Å²) >= 11 is 6.22. The van der Waals surface area contributed by atoms with E-state index in [9.17, 15) is 0 Å². The molecule has 8 aromatic rings. The minimum absolute atomic E-state index is 0.740. The molecule has 2 aromatic heterocycles. The first kappa shape index (κ1) is 26.9. The van der Waals surface area contributed by atoms with Crippen molar-refractivity contribution >= 4 is 77.7 Å². The molecule has 0 saturated heterocycles. The number of rotatable bonds is 0. The summed E-state index contributed by atoms with van der Waals surface area (Å²) in [5.74, 6) is 0. The van der Waals surface area contributed by atoms with Crippen LogP contribution >= 0.6 is 11.6 Å². The van der Waals surface area contributed by atoms with Crippen molar-refractivity contribution in [2.45, 2.75) is 6.92 Å². The Hall–Kier alpha value is -5.45.